The van der Waals surface area contributed by atoms with Gasteiger partial charge < -0.3 is 0 Å². The van der Waals surface area contributed by atoms with E-state index in [4.69, 9.17) is 0 Å². The molecule has 0 atom stereocenters. The summed E-state index contributed by atoms with van der Waals surface area (Å²) in [5.41, 5.74) is 0.877. The Labute approximate surface area is 49.6 Å². The average Bonchev–Trinajstić information content (AvgIpc) is 1.68. The lowest BCUT2D eigenvalue weighted by Gasteiger charge is -1.81. The van der Waals surface area contributed by atoms with Crippen LogP contribution < -0.4 is 0 Å². The molecule has 0 rings (SSSR count). The van der Waals surface area contributed by atoms with Crippen LogP contribution in [0.1, 0.15) is 6.92 Å². The van der Waals surface area contributed by atoms with E-state index in [2.05, 4.69) is 16.8 Å². The van der Waals surface area contributed by atoms with Crippen LogP contribution in [0.5, 0.6) is 0 Å². The van der Waals surface area contributed by atoms with Gasteiger partial charge in [0.1, 0.15) is 0 Å². The molecule has 0 saturated heterocycles. The molecule has 0 aromatic carbocycles. The van der Waals surface area contributed by atoms with Crippen LogP contribution in [-0.2, 0) is 0 Å². The second-order valence-electron chi connectivity index (χ2n) is 1.34. The van der Waals surface area contributed by atoms with Crippen LogP contribution in [0.3, 0.4) is 0 Å². The zero-order valence-electron chi connectivity index (χ0n) is 5.26. The summed E-state index contributed by atoms with van der Waals surface area (Å²) in [4.78, 5) is 0. The predicted octanol–water partition coefficient (Wildman–Crippen LogP) is 2.16. The van der Waals surface area contributed by atoms with Gasteiger partial charge in [0.15, 0.2) is 0 Å². The summed E-state index contributed by atoms with van der Waals surface area (Å²) in [6, 6.07) is 0. The molecule has 0 spiro atoms. The summed E-state index contributed by atoms with van der Waals surface area (Å²) < 4.78 is 0. The molecule has 0 heterocycles. The highest BCUT2D eigenvalue weighted by atomic mass is 15.1. The van der Waals surface area contributed by atoms with Crippen LogP contribution >= 0.6 is 0 Å². The first-order valence-corrected chi connectivity index (χ1v) is 2.40. The fraction of sp³-hybridized carbons (Fsp3) is 0.333. The van der Waals surface area contributed by atoms with Gasteiger partial charge in [-0.25, -0.2) is 0 Å². The Hall–Kier alpha value is -0.920. The molecule has 0 unspecified atom stereocenters. The van der Waals surface area contributed by atoms with Gasteiger partial charge in [0, 0.05) is 7.05 Å². The molecule has 0 aromatic rings. The van der Waals surface area contributed by atoms with Gasteiger partial charge in [-0.05, 0) is 13.0 Å². The lowest BCUT2D eigenvalue weighted by molar-refractivity contribution is 1.08. The van der Waals surface area contributed by atoms with E-state index in [-0.39, 0.29) is 0 Å². The molecule has 0 amide bonds. The van der Waals surface area contributed by atoms with Crippen molar-refractivity contribution < 1.29 is 0 Å². The van der Waals surface area contributed by atoms with E-state index < -0.39 is 0 Å². The van der Waals surface area contributed by atoms with Crippen LogP contribution in [0.2, 0.25) is 0 Å². The normalized spacial score (nSPS) is 12.5. The van der Waals surface area contributed by atoms with Crippen molar-refractivity contribution in [1.82, 2.24) is 0 Å². The minimum absolute atomic E-state index is 0.877. The fourth-order valence-corrected chi connectivity index (χ4v) is 0.362. The highest BCUT2D eigenvalue weighted by Gasteiger charge is 1.74. The van der Waals surface area contributed by atoms with Crippen molar-refractivity contribution in [2.45, 2.75) is 6.92 Å². The third-order valence-corrected chi connectivity index (χ3v) is 0.617. The molecule has 0 aromatic heterocycles. The molecule has 0 aliphatic rings. The summed E-state index contributed by atoms with van der Waals surface area (Å²) in [6.07, 6.45) is 3.48. The third-order valence-electron chi connectivity index (χ3n) is 0.617. The lowest BCUT2D eigenvalue weighted by Crippen LogP contribution is -1.61. The van der Waals surface area contributed by atoms with Crippen molar-refractivity contribution in [1.29, 1.82) is 0 Å². The van der Waals surface area contributed by atoms with E-state index in [1.165, 1.54) is 0 Å². The molecule has 0 aliphatic heterocycles. The second kappa shape index (κ2) is 4.24. The first-order valence-electron chi connectivity index (χ1n) is 2.40. The van der Waals surface area contributed by atoms with Crippen LogP contribution in [0.25, 0.3) is 0 Å². The van der Waals surface area contributed by atoms with Gasteiger partial charge in [-0.3, -0.25) is 0 Å². The molecular weight excluding hydrogens is 100 g/mol. The van der Waals surface area contributed by atoms with Crippen molar-refractivity contribution >= 4 is 0 Å². The Morgan fingerprint density at radius 2 is 2.25 bits per heavy atom. The smallest absolute Gasteiger partial charge is 0.0595 e. The quantitative estimate of drug-likeness (QED) is 0.384. The summed E-state index contributed by atoms with van der Waals surface area (Å²) in [7, 11) is 1.64. The highest BCUT2D eigenvalue weighted by molar-refractivity contribution is 5.05. The Balaban J connectivity index is 3.79. The zero-order valence-corrected chi connectivity index (χ0v) is 5.26. The van der Waals surface area contributed by atoms with Gasteiger partial charge in [-0.1, -0.05) is 12.7 Å². The van der Waals surface area contributed by atoms with Crippen molar-refractivity contribution in [2.75, 3.05) is 7.05 Å². The second-order valence-corrected chi connectivity index (χ2v) is 1.34. The van der Waals surface area contributed by atoms with Crippen LogP contribution in [0, 0.1) is 0 Å². The average molecular weight is 110 g/mol. The molecular formula is C6H10N2. The van der Waals surface area contributed by atoms with E-state index in [0.29, 0.717) is 0 Å². The Morgan fingerprint density at radius 1 is 1.62 bits per heavy atom. The van der Waals surface area contributed by atoms with Gasteiger partial charge in [0.2, 0.25) is 0 Å². The molecule has 2 nitrogen and oxygen atoms in total. The van der Waals surface area contributed by atoms with E-state index in [1.807, 2.05) is 6.92 Å². The summed E-state index contributed by atoms with van der Waals surface area (Å²) in [5, 5.41) is 7.29. The molecule has 0 aliphatic carbocycles. The van der Waals surface area contributed by atoms with Gasteiger partial charge >= 0.3 is 0 Å². The van der Waals surface area contributed by atoms with Gasteiger partial charge in [-0.15, -0.1) is 0 Å². The van der Waals surface area contributed by atoms with Gasteiger partial charge in [0.25, 0.3) is 0 Å². The number of hydrogen-bond acceptors (Lipinski definition) is 2. The summed E-state index contributed by atoms with van der Waals surface area (Å²) in [6.45, 7) is 5.37. The van der Waals surface area contributed by atoms with E-state index in [0.717, 1.165) is 5.70 Å². The SMILES string of the molecule is C=C/C=C(C)\N=N/C. The lowest BCUT2D eigenvalue weighted by atomic mass is 10.4. The Bertz CT molecular complexity index is 122. The topological polar surface area (TPSA) is 24.7 Å². The Morgan fingerprint density at radius 3 is 2.62 bits per heavy atom. The first kappa shape index (κ1) is 7.08. The van der Waals surface area contributed by atoms with Crippen LogP contribution in [-0.4, -0.2) is 7.05 Å². The van der Waals surface area contributed by atoms with Crippen molar-refractivity contribution in [3.8, 4) is 0 Å². The standard InChI is InChI=1S/C6H10N2/c1-4-5-6(2)8-7-3/h4-5H,1H2,2-3H3/b6-5-,8-7-. The maximum Gasteiger partial charge on any atom is 0.0595 e. The van der Waals surface area contributed by atoms with E-state index in [1.54, 1.807) is 19.2 Å². The Kier molecular flexibility index (Phi) is 3.76. The third kappa shape index (κ3) is 3.28. The maximum atomic E-state index is 3.73. The molecule has 8 heavy (non-hydrogen) atoms. The predicted molar refractivity (Wildman–Crippen MR) is 34.7 cm³/mol. The van der Waals surface area contributed by atoms with E-state index in [9.17, 15) is 0 Å². The summed E-state index contributed by atoms with van der Waals surface area (Å²) in [5.74, 6) is 0. The minimum atomic E-state index is 0.877. The molecule has 0 saturated carbocycles. The van der Waals surface area contributed by atoms with Crippen molar-refractivity contribution in [2.24, 2.45) is 10.2 Å². The van der Waals surface area contributed by atoms with Crippen molar-refractivity contribution in [3.05, 3.63) is 24.4 Å². The van der Waals surface area contributed by atoms with Gasteiger partial charge in [-0.2, -0.15) is 10.2 Å². The van der Waals surface area contributed by atoms with Crippen LogP contribution in [0.4, 0.5) is 0 Å². The molecule has 2 heteroatoms. The molecule has 44 valence electrons. The zero-order chi connectivity index (χ0) is 6.41. The highest BCUT2D eigenvalue weighted by Crippen LogP contribution is 1.92. The van der Waals surface area contributed by atoms with Crippen LogP contribution in [0.15, 0.2) is 34.7 Å². The van der Waals surface area contributed by atoms with E-state index >= 15 is 0 Å². The molecule has 0 radical (unpaired) electrons. The first-order chi connectivity index (χ1) is 3.81. The number of azo groups is 1. The number of nitrogens with zero attached hydrogens (tertiary/aromatic N) is 2. The largest absolute Gasteiger partial charge is 0.192 e. The fourth-order valence-electron chi connectivity index (χ4n) is 0.362. The maximum absolute atomic E-state index is 3.73. The molecule has 0 fully saturated rings. The summed E-state index contributed by atoms with van der Waals surface area (Å²) >= 11 is 0. The molecule has 0 N–H and O–H groups in total. The minimum Gasteiger partial charge on any atom is -0.192 e. The molecule has 0 bridgehead atoms. The van der Waals surface area contributed by atoms with Crippen molar-refractivity contribution in [3.63, 3.8) is 0 Å². The number of rotatable bonds is 2. The number of allylic oxidation sites excluding steroid dienone is 3. The van der Waals surface area contributed by atoms with Gasteiger partial charge in [0.05, 0.1) is 5.70 Å². The monoisotopic (exact) mass is 110 g/mol. The number of hydrogen-bond donors (Lipinski definition) is 0.